The monoisotopic (exact) mass is 309 g/mol. The molecule has 0 unspecified atom stereocenters. The maximum absolute atomic E-state index is 12.9. The lowest BCUT2D eigenvalue weighted by molar-refractivity contribution is -0.122. The van der Waals surface area contributed by atoms with Crippen LogP contribution in [0.1, 0.15) is 46.0 Å². The number of imide groups is 1. The molecule has 0 saturated carbocycles. The van der Waals surface area contributed by atoms with E-state index in [1.54, 1.807) is 0 Å². The highest BCUT2D eigenvalue weighted by Crippen LogP contribution is 2.52. The Morgan fingerprint density at radius 2 is 1.65 bits per heavy atom. The number of hydrogen-bond donors (Lipinski definition) is 0. The van der Waals surface area contributed by atoms with Crippen molar-refractivity contribution in [2.75, 3.05) is 4.90 Å². The lowest BCUT2D eigenvalue weighted by Gasteiger charge is -2.40. The van der Waals surface area contributed by atoms with Gasteiger partial charge in [-0.3, -0.25) is 14.5 Å². The molecule has 0 bridgehead atoms. The number of amides is 2. The second-order valence-corrected chi connectivity index (χ2v) is 7.79. The summed E-state index contributed by atoms with van der Waals surface area (Å²) >= 11 is 0. The van der Waals surface area contributed by atoms with Gasteiger partial charge in [0.2, 0.25) is 11.8 Å². The molecule has 2 aliphatic carbocycles. The van der Waals surface area contributed by atoms with Gasteiger partial charge in [0.1, 0.15) is 0 Å². The third-order valence-electron chi connectivity index (χ3n) is 5.99. The smallest absolute Gasteiger partial charge is 0.238 e. The van der Waals surface area contributed by atoms with Gasteiger partial charge in [0.15, 0.2) is 0 Å². The number of fused-ring (bicyclic) bond motifs is 1. The zero-order chi connectivity index (χ0) is 16.2. The molecule has 1 aromatic rings. The van der Waals surface area contributed by atoms with E-state index in [2.05, 4.69) is 13.8 Å². The van der Waals surface area contributed by atoms with E-state index in [0.717, 1.165) is 19.3 Å². The summed E-state index contributed by atoms with van der Waals surface area (Å²) in [5.74, 6) is -0.297. The standard InChI is InChI=1S/C20H23NO2/c1-20(2)10-6-7-13-11-15-16(12-17(13)20)19(23)21(18(15)22)14-8-4-3-5-9-14/h3-5,8-9,15-16H,6-7,10-12H2,1-2H3/t15-,16+/m1/s1. The highest BCUT2D eigenvalue weighted by molar-refractivity contribution is 6.22. The molecule has 4 rings (SSSR count). The van der Waals surface area contributed by atoms with Crippen LogP contribution in [0, 0.1) is 17.3 Å². The quantitative estimate of drug-likeness (QED) is 0.579. The van der Waals surface area contributed by atoms with E-state index in [9.17, 15) is 9.59 Å². The first-order chi connectivity index (χ1) is 11.0. The first-order valence-electron chi connectivity index (χ1n) is 8.63. The first kappa shape index (κ1) is 14.7. The molecule has 120 valence electrons. The van der Waals surface area contributed by atoms with Gasteiger partial charge in [0, 0.05) is 0 Å². The minimum absolute atomic E-state index is 0.000812. The van der Waals surface area contributed by atoms with Crippen LogP contribution >= 0.6 is 0 Å². The van der Waals surface area contributed by atoms with Gasteiger partial charge in [-0.15, -0.1) is 0 Å². The van der Waals surface area contributed by atoms with Crippen LogP contribution in [0.5, 0.6) is 0 Å². The van der Waals surface area contributed by atoms with Gasteiger partial charge in [-0.25, -0.2) is 0 Å². The predicted molar refractivity (Wildman–Crippen MR) is 89.8 cm³/mol. The van der Waals surface area contributed by atoms with Gasteiger partial charge in [0.05, 0.1) is 17.5 Å². The summed E-state index contributed by atoms with van der Waals surface area (Å²) in [4.78, 5) is 27.2. The van der Waals surface area contributed by atoms with E-state index < -0.39 is 0 Å². The number of carbonyl (C=O) groups excluding carboxylic acids is 2. The average molecular weight is 309 g/mol. The lowest BCUT2D eigenvalue weighted by atomic mass is 9.63. The number of nitrogens with zero attached hydrogens (tertiary/aromatic N) is 1. The molecule has 3 aliphatic rings. The van der Waals surface area contributed by atoms with E-state index in [1.807, 2.05) is 30.3 Å². The average Bonchev–Trinajstić information content (AvgIpc) is 2.78. The number of allylic oxidation sites excluding steroid dienone is 2. The van der Waals surface area contributed by atoms with Crippen LogP contribution in [-0.4, -0.2) is 11.8 Å². The third-order valence-corrected chi connectivity index (χ3v) is 5.99. The number of carbonyl (C=O) groups is 2. The van der Waals surface area contributed by atoms with Crippen molar-refractivity contribution in [3.8, 4) is 0 Å². The molecule has 1 heterocycles. The fraction of sp³-hybridized carbons (Fsp3) is 0.500. The summed E-state index contributed by atoms with van der Waals surface area (Å²) in [6, 6.07) is 9.37. The molecule has 23 heavy (non-hydrogen) atoms. The summed E-state index contributed by atoms with van der Waals surface area (Å²) in [5, 5.41) is 0. The number of anilines is 1. The second kappa shape index (κ2) is 5.05. The number of hydrogen-bond acceptors (Lipinski definition) is 2. The summed E-state index contributed by atoms with van der Waals surface area (Å²) in [6.45, 7) is 4.58. The highest BCUT2D eigenvalue weighted by atomic mass is 16.2. The van der Waals surface area contributed by atoms with Crippen molar-refractivity contribution >= 4 is 17.5 Å². The van der Waals surface area contributed by atoms with E-state index in [-0.39, 0.29) is 29.1 Å². The number of para-hydroxylation sites is 1. The first-order valence-corrected chi connectivity index (χ1v) is 8.63. The molecule has 1 saturated heterocycles. The van der Waals surface area contributed by atoms with Gasteiger partial charge >= 0.3 is 0 Å². The topological polar surface area (TPSA) is 37.4 Å². The Labute approximate surface area is 137 Å². The summed E-state index contributed by atoms with van der Waals surface area (Å²) in [7, 11) is 0. The van der Waals surface area contributed by atoms with Crippen LogP contribution in [0.15, 0.2) is 41.5 Å². The fourth-order valence-electron chi connectivity index (χ4n) is 4.73. The molecule has 2 amide bonds. The van der Waals surface area contributed by atoms with Crippen LogP contribution in [0.3, 0.4) is 0 Å². The molecule has 0 spiro atoms. The molecule has 1 aromatic carbocycles. The molecule has 3 nitrogen and oxygen atoms in total. The van der Waals surface area contributed by atoms with Crippen LogP contribution in [0.4, 0.5) is 5.69 Å². The number of benzene rings is 1. The summed E-state index contributed by atoms with van der Waals surface area (Å²) < 4.78 is 0. The third kappa shape index (κ3) is 2.17. The molecule has 0 N–H and O–H groups in total. The normalized spacial score (nSPS) is 29.6. The Morgan fingerprint density at radius 1 is 1.00 bits per heavy atom. The molecule has 0 radical (unpaired) electrons. The lowest BCUT2D eigenvalue weighted by Crippen LogP contribution is -2.32. The molecular formula is C20H23NO2. The van der Waals surface area contributed by atoms with Crippen molar-refractivity contribution in [2.24, 2.45) is 17.3 Å². The van der Waals surface area contributed by atoms with Crippen molar-refractivity contribution in [3.05, 3.63) is 41.5 Å². The van der Waals surface area contributed by atoms with E-state index in [1.165, 1.54) is 28.9 Å². The van der Waals surface area contributed by atoms with Gasteiger partial charge < -0.3 is 0 Å². The van der Waals surface area contributed by atoms with Crippen molar-refractivity contribution in [2.45, 2.75) is 46.0 Å². The highest BCUT2D eigenvalue weighted by Gasteiger charge is 2.52. The van der Waals surface area contributed by atoms with Crippen molar-refractivity contribution in [1.82, 2.24) is 0 Å². The maximum atomic E-state index is 12.9. The molecule has 1 aliphatic heterocycles. The number of rotatable bonds is 1. The van der Waals surface area contributed by atoms with Crippen LogP contribution in [0.2, 0.25) is 0 Å². The predicted octanol–water partition coefficient (Wildman–Crippen LogP) is 4.09. The molecule has 1 fully saturated rings. The van der Waals surface area contributed by atoms with Gasteiger partial charge in [0.25, 0.3) is 0 Å². The van der Waals surface area contributed by atoms with Crippen molar-refractivity contribution < 1.29 is 9.59 Å². The minimum atomic E-state index is -0.154. The molecule has 2 atom stereocenters. The Bertz CT molecular complexity index is 702. The minimum Gasteiger partial charge on any atom is -0.274 e. The SMILES string of the molecule is CC1(C)CCCC2=C1C[C@@H]1C(=O)N(c3ccccc3)C(=O)[C@@H]1C2. The van der Waals surface area contributed by atoms with Gasteiger partial charge in [-0.1, -0.05) is 43.2 Å². The van der Waals surface area contributed by atoms with Gasteiger partial charge in [-0.2, -0.15) is 0 Å². The molecular weight excluding hydrogens is 286 g/mol. The van der Waals surface area contributed by atoms with E-state index >= 15 is 0 Å². The molecule has 3 heteroatoms. The fourth-order valence-corrected chi connectivity index (χ4v) is 4.73. The van der Waals surface area contributed by atoms with Crippen molar-refractivity contribution in [1.29, 1.82) is 0 Å². The maximum Gasteiger partial charge on any atom is 0.238 e. The van der Waals surface area contributed by atoms with Crippen LogP contribution in [-0.2, 0) is 9.59 Å². The van der Waals surface area contributed by atoms with E-state index in [4.69, 9.17) is 0 Å². The largest absolute Gasteiger partial charge is 0.274 e. The summed E-state index contributed by atoms with van der Waals surface area (Å²) in [5.41, 5.74) is 3.82. The van der Waals surface area contributed by atoms with Crippen LogP contribution < -0.4 is 4.90 Å². The van der Waals surface area contributed by atoms with Gasteiger partial charge in [-0.05, 0) is 49.7 Å². The molecule has 0 aromatic heterocycles. The second-order valence-electron chi connectivity index (χ2n) is 7.79. The Balaban J connectivity index is 1.69. The van der Waals surface area contributed by atoms with Crippen molar-refractivity contribution in [3.63, 3.8) is 0 Å². The zero-order valence-electron chi connectivity index (χ0n) is 13.8. The van der Waals surface area contributed by atoms with E-state index in [0.29, 0.717) is 5.69 Å². The van der Waals surface area contributed by atoms with Crippen LogP contribution in [0.25, 0.3) is 0 Å². The Hall–Kier alpha value is -1.90. The Morgan fingerprint density at radius 3 is 2.35 bits per heavy atom. The Kier molecular flexibility index (Phi) is 3.22. The zero-order valence-corrected chi connectivity index (χ0v) is 13.8. The summed E-state index contributed by atoms with van der Waals surface area (Å²) in [6.07, 6.45) is 5.06.